The van der Waals surface area contributed by atoms with Crippen molar-refractivity contribution in [3.05, 3.63) is 0 Å². The first kappa shape index (κ1) is 14.6. The van der Waals surface area contributed by atoms with Gasteiger partial charge in [-0.15, -0.1) is 0 Å². The highest BCUT2D eigenvalue weighted by molar-refractivity contribution is 6.15. The van der Waals surface area contributed by atoms with Crippen LogP contribution in [0.15, 0.2) is 0 Å². The Morgan fingerprint density at radius 2 is 1.33 bits per heavy atom. The Balaban J connectivity index is 1.82. The average Bonchev–Trinajstić information content (AvgIpc) is 2.93. The van der Waals surface area contributed by atoms with Gasteiger partial charge in [-0.05, 0) is 0 Å². The third-order valence-corrected chi connectivity index (χ3v) is 2.79. The van der Waals surface area contributed by atoms with Crippen molar-refractivity contribution in [1.29, 1.82) is 0 Å². The van der Waals surface area contributed by atoms with Crippen molar-refractivity contribution in [2.45, 2.75) is 25.7 Å². The van der Waals surface area contributed by atoms with E-state index in [9.17, 15) is 28.8 Å². The number of hydroxylamine groups is 2. The topological polar surface area (TPSA) is 127 Å². The lowest BCUT2D eigenvalue weighted by Gasteiger charge is -2.14. The van der Waals surface area contributed by atoms with Crippen LogP contribution < -0.4 is 0 Å². The zero-order chi connectivity index (χ0) is 15.6. The van der Waals surface area contributed by atoms with Gasteiger partial charge in [-0.3, -0.25) is 28.8 Å². The van der Waals surface area contributed by atoms with Crippen molar-refractivity contribution in [3.8, 4) is 0 Å². The lowest BCUT2D eigenvalue weighted by Crippen LogP contribution is -2.39. The van der Waals surface area contributed by atoms with Crippen molar-refractivity contribution in [2.24, 2.45) is 0 Å². The van der Waals surface area contributed by atoms with E-state index in [0.29, 0.717) is 4.90 Å². The van der Waals surface area contributed by atoms with Gasteiger partial charge in [0.05, 0.1) is 0 Å². The van der Waals surface area contributed by atoms with E-state index in [4.69, 9.17) is 0 Å². The molecule has 10 heteroatoms. The first-order valence-electron chi connectivity index (χ1n) is 5.99. The van der Waals surface area contributed by atoms with Gasteiger partial charge in [-0.1, -0.05) is 5.06 Å². The standard InChI is InChI=1S/C11H10N2O8/c14-6-1-2-7(15)12(6)10(18)5-20-11(19)21-13-8(16)3-4-9(13)17/h1-5H2. The summed E-state index contributed by atoms with van der Waals surface area (Å²) in [6.45, 7) is -0.910. The summed E-state index contributed by atoms with van der Waals surface area (Å²) in [4.78, 5) is 72.3. The molecule has 21 heavy (non-hydrogen) atoms. The molecule has 0 aromatic heterocycles. The molecule has 2 fully saturated rings. The Morgan fingerprint density at radius 1 is 0.857 bits per heavy atom. The van der Waals surface area contributed by atoms with Gasteiger partial charge >= 0.3 is 6.16 Å². The van der Waals surface area contributed by atoms with E-state index in [2.05, 4.69) is 9.57 Å². The summed E-state index contributed by atoms with van der Waals surface area (Å²) in [5.41, 5.74) is 0. The summed E-state index contributed by atoms with van der Waals surface area (Å²) in [6.07, 6.45) is -1.77. The van der Waals surface area contributed by atoms with Gasteiger partial charge in [0.25, 0.3) is 17.7 Å². The first-order chi connectivity index (χ1) is 9.90. The number of carbonyl (C=O) groups is 6. The van der Waals surface area contributed by atoms with E-state index < -0.39 is 42.3 Å². The summed E-state index contributed by atoms with van der Waals surface area (Å²) >= 11 is 0. The van der Waals surface area contributed by atoms with Crippen LogP contribution in [0.1, 0.15) is 25.7 Å². The van der Waals surface area contributed by atoms with E-state index in [-0.39, 0.29) is 30.7 Å². The predicted octanol–water partition coefficient (Wildman–Crippen LogP) is -1.12. The Labute approximate surface area is 117 Å². The highest BCUT2D eigenvalue weighted by Crippen LogP contribution is 2.14. The predicted molar refractivity (Wildman–Crippen MR) is 59.6 cm³/mol. The molecule has 0 bridgehead atoms. The Kier molecular flexibility index (Phi) is 3.96. The number of imide groups is 4. The summed E-state index contributed by atoms with van der Waals surface area (Å²) in [6, 6.07) is 0. The third-order valence-electron chi connectivity index (χ3n) is 2.79. The SMILES string of the molecule is O=C(OCC(=O)N1C(=O)CCC1=O)ON1C(=O)CCC1=O. The molecule has 2 saturated heterocycles. The molecule has 0 N–H and O–H groups in total. The van der Waals surface area contributed by atoms with Crippen molar-refractivity contribution in [2.75, 3.05) is 6.61 Å². The van der Waals surface area contributed by atoms with E-state index in [1.54, 1.807) is 0 Å². The number of rotatable bonds is 3. The van der Waals surface area contributed by atoms with Crippen LogP contribution in [-0.4, -0.2) is 52.3 Å². The maximum atomic E-state index is 11.5. The van der Waals surface area contributed by atoms with E-state index in [1.807, 2.05) is 0 Å². The normalized spacial score (nSPS) is 18.5. The molecule has 5 amide bonds. The van der Waals surface area contributed by atoms with Crippen LogP contribution in [-0.2, 0) is 33.5 Å². The fourth-order valence-electron chi connectivity index (χ4n) is 1.80. The molecular formula is C11H10N2O8. The molecule has 0 aromatic rings. The van der Waals surface area contributed by atoms with Crippen LogP contribution in [0.5, 0.6) is 0 Å². The summed E-state index contributed by atoms with van der Waals surface area (Å²) in [5, 5.41) is 0.249. The highest BCUT2D eigenvalue weighted by Gasteiger charge is 2.36. The molecule has 0 saturated carbocycles. The van der Waals surface area contributed by atoms with Crippen molar-refractivity contribution in [1.82, 2.24) is 9.96 Å². The molecule has 0 aliphatic carbocycles. The van der Waals surface area contributed by atoms with E-state index >= 15 is 0 Å². The minimum Gasteiger partial charge on any atom is -0.423 e. The minimum absolute atomic E-state index is 0.0776. The molecule has 0 radical (unpaired) electrons. The van der Waals surface area contributed by atoms with E-state index in [1.165, 1.54) is 0 Å². The Hall–Kier alpha value is -2.78. The molecule has 112 valence electrons. The maximum absolute atomic E-state index is 11.5. The Morgan fingerprint density at radius 3 is 1.86 bits per heavy atom. The van der Waals surface area contributed by atoms with E-state index in [0.717, 1.165) is 0 Å². The zero-order valence-corrected chi connectivity index (χ0v) is 10.7. The number of carbonyl (C=O) groups excluding carboxylic acids is 6. The maximum Gasteiger partial charge on any atom is 0.534 e. The van der Waals surface area contributed by atoms with Gasteiger partial charge in [0.1, 0.15) is 0 Å². The van der Waals surface area contributed by atoms with Crippen LogP contribution in [0.3, 0.4) is 0 Å². The fourth-order valence-corrected chi connectivity index (χ4v) is 1.80. The van der Waals surface area contributed by atoms with Crippen molar-refractivity contribution >= 4 is 35.7 Å². The van der Waals surface area contributed by atoms with Gasteiger partial charge < -0.3 is 4.74 Å². The van der Waals surface area contributed by atoms with Gasteiger partial charge in [0.2, 0.25) is 11.8 Å². The average molecular weight is 298 g/mol. The Bertz CT molecular complexity index is 522. The molecule has 2 aliphatic heterocycles. The van der Waals surface area contributed by atoms with Gasteiger partial charge in [0.15, 0.2) is 6.61 Å². The lowest BCUT2D eigenvalue weighted by molar-refractivity contribution is -0.177. The number of hydrogen-bond donors (Lipinski definition) is 0. The van der Waals surface area contributed by atoms with Gasteiger partial charge in [-0.25, -0.2) is 9.69 Å². The molecule has 0 unspecified atom stereocenters. The van der Waals surface area contributed by atoms with Crippen molar-refractivity contribution < 1.29 is 38.3 Å². The molecular weight excluding hydrogens is 288 g/mol. The molecule has 0 aromatic carbocycles. The molecule has 2 heterocycles. The monoisotopic (exact) mass is 298 g/mol. The number of hydrogen-bond acceptors (Lipinski definition) is 8. The zero-order valence-electron chi connectivity index (χ0n) is 10.7. The smallest absolute Gasteiger partial charge is 0.423 e. The minimum atomic E-state index is -1.45. The van der Waals surface area contributed by atoms with Crippen LogP contribution in [0.2, 0.25) is 0 Å². The number of likely N-dealkylation sites (tertiary alicyclic amines) is 1. The molecule has 0 spiro atoms. The second-order valence-electron chi connectivity index (χ2n) is 4.23. The quantitative estimate of drug-likeness (QED) is 0.473. The van der Waals surface area contributed by atoms with Crippen LogP contribution in [0.4, 0.5) is 4.79 Å². The van der Waals surface area contributed by atoms with Crippen LogP contribution >= 0.6 is 0 Å². The summed E-state index contributed by atoms with van der Waals surface area (Å²) < 4.78 is 4.37. The largest absolute Gasteiger partial charge is 0.534 e. The fraction of sp³-hybridized carbons (Fsp3) is 0.455. The first-order valence-corrected chi connectivity index (χ1v) is 5.99. The summed E-state index contributed by atoms with van der Waals surface area (Å²) in [7, 11) is 0. The van der Waals surface area contributed by atoms with Crippen molar-refractivity contribution in [3.63, 3.8) is 0 Å². The second kappa shape index (κ2) is 5.69. The third kappa shape index (κ3) is 3.04. The van der Waals surface area contributed by atoms with Gasteiger partial charge in [0, 0.05) is 25.7 Å². The number of amides is 5. The molecule has 2 aliphatic rings. The number of nitrogens with zero attached hydrogens (tertiary/aromatic N) is 2. The van der Waals surface area contributed by atoms with Crippen LogP contribution in [0.25, 0.3) is 0 Å². The molecule has 10 nitrogen and oxygen atoms in total. The summed E-state index contributed by atoms with van der Waals surface area (Å²) in [5.74, 6) is -3.77. The molecule has 2 rings (SSSR count). The van der Waals surface area contributed by atoms with Crippen LogP contribution in [0, 0.1) is 0 Å². The number of ether oxygens (including phenoxy) is 1. The van der Waals surface area contributed by atoms with Gasteiger partial charge in [-0.2, -0.15) is 0 Å². The molecule has 0 atom stereocenters. The second-order valence-corrected chi connectivity index (χ2v) is 4.23. The lowest BCUT2D eigenvalue weighted by atomic mass is 10.4. The highest BCUT2D eigenvalue weighted by atomic mass is 16.8.